The molecule has 0 aromatic heterocycles. The number of hydrogen-bond donors (Lipinski definition) is 1. The lowest BCUT2D eigenvalue weighted by molar-refractivity contribution is -0.122. The second-order valence-corrected chi connectivity index (χ2v) is 5.95. The Morgan fingerprint density at radius 3 is 2.42 bits per heavy atom. The van der Waals surface area contributed by atoms with Crippen molar-refractivity contribution in [1.82, 2.24) is 10.2 Å². The molecule has 1 aliphatic rings. The third kappa shape index (κ3) is 2.93. The zero-order valence-electron chi connectivity index (χ0n) is 13.6. The zero-order valence-corrected chi connectivity index (χ0v) is 13.6. The fourth-order valence-corrected chi connectivity index (χ4v) is 2.80. The monoisotopic (exact) mass is 322 g/mol. The van der Waals surface area contributed by atoms with E-state index in [1.165, 1.54) is 0 Å². The van der Waals surface area contributed by atoms with Gasteiger partial charge in [-0.3, -0.25) is 19.3 Å². The Labute approximate surface area is 140 Å². The maximum Gasteiger partial charge on any atom is 0.262 e. The molecule has 0 bridgehead atoms. The van der Waals surface area contributed by atoms with E-state index >= 15 is 0 Å². The summed E-state index contributed by atoms with van der Waals surface area (Å²) in [4.78, 5) is 37.9. The van der Waals surface area contributed by atoms with Crippen LogP contribution in [0.15, 0.2) is 48.5 Å². The van der Waals surface area contributed by atoms with Crippen LogP contribution >= 0.6 is 0 Å². The van der Waals surface area contributed by atoms with Gasteiger partial charge in [0, 0.05) is 0 Å². The van der Waals surface area contributed by atoms with Crippen LogP contribution < -0.4 is 5.32 Å². The maximum atomic E-state index is 12.4. The summed E-state index contributed by atoms with van der Waals surface area (Å²) in [6, 6.07) is 14.4. The van der Waals surface area contributed by atoms with Crippen LogP contribution in [0.3, 0.4) is 0 Å². The second kappa shape index (κ2) is 6.28. The fraction of sp³-hybridized carbons (Fsp3) is 0.211. The molecule has 24 heavy (non-hydrogen) atoms. The molecule has 0 saturated carbocycles. The van der Waals surface area contributed by atoms with Crippen LogP contribution in [0.25, 0.3) is 0 Å². The van der Waals surface area contributed by atoms with Crippen molar-refractivity contribution in [2.24, 2.45) is 0 Å². The molecule has 1 N–H and O–H groups in total. The Balaban J connectivity index is 1.69. The van der Waals surface area contributed by atoms with Crippen molar-refractivity contribution in [2.45, 2.75) is 19.9 Å². The summed E-state index contributed by atoms with van der Waals surface area (Å²) in [6.45, 7) is 3.44. The maximum absolute atomic E-state index is 12.4. The van der Waals surface area contributed by atoms with Gasteiger partial charge in [-0.05, 0) is 31.5 Å². The minimum absolute atomic E-state index is 0.198. The van der Waals surface area contributed by atoms with Crippen LogP contribution in [0.4, 0.5) is 0 Å². The number of aryl methyl sites for hydroxylation is 1. The highest BCUT2D eigenvalue weighted by Gasteiger charge is 2.36. The molecule has 3 rings (SSSR count). The van der Waals surface area contributed by atoms with Gasteiger partial charge in [-0.25, -0.2) is 0 Å². The van der Waals surface area contributed by atoms with Crippen LogP contribution in [0.1, 0.15) is 44.8 Å². The molecule has 0 fully saturated rings. The quantitative estimate of drug-likeness (QED) is 0.879. The number of hydrogen-bond acceptors (Lipinski definition) is 3. The summed E-state index contributed by atoms with van der Waals surface area (Å²) in [7, 11) is 0. The lowest BCUT2D eigenvalue weighted by Crippen LogP contribution is -2.41. The van der Waals surface area contributed by atoms with Gasteiger partial charge in [-0.2, -0.15) is 0 Å². The molecule has 0 spiro atoms. The standard InChI is InChI=1S/C19H18N2O3/c1-12-8-9-15-16(10-12)19(24)21(18(15)23)11-17(22)20-13(2)14-6-4-3-5-7-14/h3-10,13H,11H2,1-2H3,(H,20,22). The molecular formula is C19H18N2O3. The van der Waals surface area contributed by atoms with Crippen molar-refractivity contribution in [3.8, 4) is 0 Å². The van der Waals surface area contributed by atoms with Crippen LogP contribution in [0.2, 0.25) is 0 Å². The first kappa shape index (κ1) is 15.9. The number of nitrogens with zero attached hydrogens (tertiary/aromatic N) is 1. The lowest BCUT2D eigenvalue weighted by atomic mass is 10.1. The molecule has 122 valence electrons. The van der Waals surface area contributed by atoms with Gasteiger partial charge in [-0.15, -0.1) is 0 Å². The number of carbonyl (C=O) groups is 3. The fourth-order valence-electron chi connectivity index (χ4n) is 2.80. The SMILES string of the molecule is Cc1ccc2c(c1)C(=O)N(CC(=O)NC(C)c1ccccc1)C2=O. The first-order chi connectivity index (χ1) is 11.5. The Bertz CT molecular complexity index is 815. The van der Waals surface area contributed by atoms with Crippen LogP contribution in [0, 0.1) is 6.92 Å². The Morgan fingerprint density at radius 1 is 1.04 bits per heavy atom. The summed E-state index contributed by atoms with van der Waals surface area (Å²) in [5.74, 6) is -1.20. The molecular weight excluding hydrogens is 304 g/mol. The molecule has 2 aromatic carbocycles. The van der Waals surface area contributed by atoms with E-state index in [2.05, 4.69) is 5.32 Å². The van der Waals surface area contributed by atoms with E-state index in [4.69, 9.17) is 0 Å². The van der Waals surface area contributed by atoms with Gasteiger partial charge in [0.25, 0.3) is 11.8 Å². The number of carbonyl (C=O) groups excluding carboxylic acids is 3. The Kier molecular flexibility index (Phi) is 4.16. The summed E-state index contributed by atoms with van der Waals surface area (Å²) in [6.07, 6.45) is 0. The second-order valence-electron chi connectivity index (χ2n) is 5.95. The molecule has 5 heteroatoms. The average molecular weight is 322 g/mol. The van der Waals surface area contributed by atoms with E-state index in [0.717, 1.165) is 16.0 Å². The third-order valence-corrected chi connectivity index (χ3v) is 4.10. The molecule has 3 amide bonds. The van der Waals surface area contributed by atoms with Gasteiger partial charge in [0.15, 0.2) is 0 Å². The molecule has 1 aliphatic heterocycles. The van der Waals surface area contributed by atoms with Gasteiger partial charge in [0.05, 0.1) is 17.2 Å². The van der Waals surface area contributed by atoms with Crippen molar-refractivity contribution in [3.63, 3.8) is 0 Å². The summed E-state index contributed by atoms with van der Waals surface area (Å²) < 4.78 is 0. The predicted molar refractivity (Wildman–Crippen MR) is 89.5 cm³/mol. The molecule has 0 saturated heterocycles. The molecule has 1 atom stereocenters. The molecule has 0 radical (unpaired) electrons. The minimum atomic E-state index is -0.419. The van der Waals surface area contributed by atoms with Gasteiger partial charge in [0.2, 0.25) is 5.91 Å². The molecule has 1 heterocycles. The first-order valence-electron chi connectivity index (χ1n) is 7.78. The average Bonchev–Trinajstić information content (AvgIpc) is 2.80. The molecule has 2 aromatic rings. The van der Waals surface area contributed by atoms with Crippen LogP contribution in [-0.2, 0) is 4.79 Å². The highest BCUT2D eigenvalue weighted by atomic mass is 16.2. The molecule has 0 aliphatic carbocycles. The van der Waals surface area contributed by atoms with Crippen LogP contribution in [-0.4, -0.2) is 29.2 Å². The molecule has 1 unspecified atom stereocenters. The van der Waals surface area contributed by atoms with E-state index in [-0.39, 0.29) is 18.5 Å². The zero-order chi connectivity index (χ0) is 17.3. The first-order valence-corrected chi connectivity index (χ1v) is 7.78. The van der Waals surface area contributed by atoms with Gasteiger partial charge in [0.1, 0.15) is 6.54 Å². The summed E-state index contributed by atoms with van der Waals surface area (Å²) >= 11 is 0. The predicted octanol–water partition coefficient (Wildman–Crippen LogP) is 2.47. The number of nitrogens with one attached hydrogen (secondary N) is 1. The van der Waals surface area contributed by atoms with E-state index in [9.17, 15) is 14.4 Å². The third-order valence-electron chi connectivity index (χ3n) is 4.10. The van der Waals surface area contributed by atoms with Gasteiger partial charge >= 0.3 is 0 Å². The number of imide groups is 1. The van der Waals surface area contributed by atoms with E-state index in [0.29, 0.717) is 11.1 Å². The van der Waals surface area contributed by atoms with Crippen molar-refractivity contribution in [2.75, 3.05) is 6.54 Å². The van der Waals surface area contributed by atoms with Crippen molar-refractivity contribution in [3.05, 3.63) is 70.8 Å². The minimum Gasteiger partial charge on any atom is -0.348 e. The van der Waals surface area contributed by atoms with E-state index in [1.54, 1.807) is 18.2 Å². The topological polar surface area (TPSA) is 66.5 Å². The van der Waals surface area contributed by atoms with Gasteiger partial charge < -0.3 is 5.32 Å². The Hall–Kier alpha value is -2.95. The number of rotatable bonds is 4. The van der Waals surface area contributed by atoms with Crippen molar-refractivity contribution >= 4 is 17.7 Å². The molecule has 5 nitrogen and oxygen atoms in total. The van der Waals surface area contributed by atoms with Crippen LogP contribution in [0.5, 0.6) is 0 Å². The van der Waals surface area contributed by atoms with Gasteiger partial charge in [-0.1, -0.05) is 42.0 Å². The summed E-state index contributed by atoms with van der Waals surface area (Å²) in [5, 5.41) is 2.82. The number of fused-ring (bicyclic) bond motifs is 1. The van der Waals surface area contributed by atoms with E-state index in [1.807, 2.05) is 44.2 Å². The lowest BCUT2D eigenvalue weighted by Gasteiger charge is -2.17. The normalized spacial score (nSPS) is 14.5. The smallest absolute Gasteiger partial charge is 0.262 e. The van der Waals surface area contributed by atoms with Crippen molar-refractivity contribution < 1.29 is 14.4 Å². The summed E-state index contributed by atoms with van der Waals surface area (Å²) in [5.41, 5.74) is 2.58. The van der Waals surface area contributed by atoms with Crippen molar-refractivity contribution in [1.29, 1.82) is 0 Å². The van der Waals surface area contributed by atoms with E-state index < -0.39 is 11.8 Å². The number of amides is 3. The largest absolute Gasteiger partial charge is 0.348 e. The number of benzene rings is 2. The Morgan fingerprint density at radius 2 is 1.71 bits per heavy atom. The highest BCUT2D eigenvalue weighted by Crippen LogP contribution is 2.23. The highest BCUT2D eigenvalue weighted by molar-refractivity contribution is 6.22.